The molecule has 2 heterocycles. The minimum atomic E-state index is -0.817. The lowest BCUT2D eigenvalue weighted by Crippen LogP contribution is -2.56. The summed E-state index contributed by atoms with van der Waals surface area (Å²) in [4.78, 5) is 33.2. The molecular formula is C25H31N3O5. The van der Waals surface area contributed by atoms with Crippen molar-refractivity contribution in [3.63, 3.8) is 0 Å². The molecule has 1 aliphatic carbocycles. The van der Waals surface area contributed by atoms with Crippen LogP contribution < -0.4 is 14.8 Å². The molecule has 1 aromatic carbocycles. The van der Waals surface area contributed by atoms with Gasteiger partial charge in [-0.15, -0.1) is 0 Å². The average molecular weight is 454 g/mol. The molecule has 1 unspecified atom stereocenters. The summed E-state index contributed by atoms with van der Waals surface area (Å²) in [5.74, 6) is 0.762. The number of hydrogen-bond donors (Lipinski definition) is 1. The van der Waals surface area contributed by atoms with Crippen LogP contribution in [0.5, 0.6) is 11.5 Å². The standard InChI is InChI=1S/C25H31N3O5/c1-17-10-12-25(13-11-17)28(24(30)22-20(31-2)8-6-9-21(22)32-3)19(16-33-25)23(29)27-15-18-7-4-5-14-26-18/h4-9,14,17,19H,10-13,15-16H2,1-3H3,(H,27,29). The zero-order chi connectivity index (χ0) is 23.4. The van der Waals surface area contributed by atoms with Gasteiger partial charge in [-0.05, 0) is 55.9 Å². The second-order valence-electron chi connectivity index (χ2n) is 8.71. The van der Waals surface area contributed by atoms with Crippen LogP contribution in [-0.2, 0) is 16.1 Å². The lowest BCUT2D eigenvalue weighted by molar-refractivity contribution is -0.128. The summed E-state index contributed by atoms with van der Waals surface area (Å²) >= 11 is 0. The van der Waals surface area contributed by atoms with Crippen LogP contribution in [0.3, 0.4) is 0 Å². The van der Waals surface area contributed by atoms with Gasteiger partial charge in [-0.25, -0.2) is 0 Å². The van der Waals surface area contributed by atoms with Crippen LogP contribution in [0.2, 0.25) is 0 Å². The Kier molecular flexibility index (Phi) is 6.83. The molecule has 4 rings (SSSR count). The Morgan fingerprint density at radius 2 is 1.82 bits per heavy atom. The number of carbonyl (C=O) groups is 2. The quantitative estimate of drug-likeness (QED) is 0.723. The second-order valence-corrected chi connectivity index (χ2v) is 8.71. The summed E-state index contributed by atoms with van der Waals surface area (Å²) in [7, 11) is 3.03. The van der Waals surface area contributed by atoms with Gasteiger partial charge in [-0.1, -0.05) is 19.1 Å². The van der Waals surface area contributed by atoms with Gasteiger partial charge in [0.2, 0.25) is 5.91 Å². The van der Waals surface area contributed by atoms with Crippen molar-refractivity contribution in [2.24, 2.45) is 5.92 Å². The Balaban J connectivity index is 1.66. The maximum atomic E-state index is 14.0. The highest BCUT2D eigenvalue weighted by molar-refractivity contribution is 6.02. The first-order chi connectivity index (χ1) is 16.0. The van der Waals surface area contributed by atoms with E-state index in [2.05, 4.69) is 17.2 Å². The maximum Gasteiger partial charge on any atom is 0.264 e. The van der Waals surface area contributed by atoms with Crippen LogP contribution >= 0.6 is 0 Å². The molecule has 1 saturated heterocycles. The highest BCUT2D eigenvalue weighted by Crippen LogP contribution is 2.44. The predicted molar refractivity (Wildman–Crippen MR) is 122 cm³/mol. The van der Waals surface area contributed by atoms with E-state index in [1.807, 2.05) is 18.2 Å². The number of amides is 2. The van der Waals surface area contributed by atoms with Crippen molar-refractivity contribution < 1.29 is 23.8 Å². The van der Waals surface area contributed by atoms with Crippen molar-refractivity contribution in [1.29, 1.82) is 0 Å². The number of rotatable bonds is 6. The molecule has 1 spiro atoms. The fourth-order valence-electron chi connectivity index (χ4n) is 4.76. The molecule has 33 heavy (non-hydrogen) atoms. The highest BCUT2D eigenvalue weighted by Gasteiger charge is 2.54. The predicted octanol–water partition coefficient (Wildman–Crippen LogP) is 3.16. The van der Waals surface area contributed by atoms with Crippen LogP contribution in [-0.4, -0.2) is 54.3 Å². The molecule has 2 fully saturated rings. The van der Waals surface area contributed by atoms with Crippen LogP contribution in [0.4, 0.5) is 0 Å². The SMILES string of the molecule is COc1cccc(OC)c1C(=O)N1C(C(=O)NCc2ccccn2)COC12CCC(C)CC2. The molecule has 176 valence electrons. The third-order valence-electron chi connectivity index (χ3n) is 6.65. The maximum absolute atomic E-state index is 14.0. The minimum absolute atomic E-state index is 0.144. The van der Waals surface area contributed by atoms with E-state index in [9.17, 15) is 9.59 Å². The normalized spacial score (nSPS) is 24.5. The number of nitrogens with zero attached hydrogens (tertiary/aromatic N) is 2. The third-order valence-corrected chi connectivity index (χ3v) is 6.65. The Morgan fingerprint density at radius 3 is 2.42 bits per heavy atom. The van der Waals surface area contributed by atoms with Crippen LogP contribution in [0.25, 0.3) is 0 Å². The van der Waals surface area contributed by atoms with Gasteiger partial charge in [-0.3, -0.25) is 19.5 Å². The molecule has 2 aromatic rings. The fraction of sp³-hybridized carbons (Fsp3) is 0.480. The zero-order valence-electron chi connectivity index (χ0n) is 19.4. The molecular weight excluding hydrogens is 422 g/mol. The number of nitrogens with one attached hydrogen (secondary N) is 1. The summed E-state index contributed by atoms with van der Waals surface area (Å²) < 4.78 is 17.2. The van der Waals surface area contributed by atoms with Crippen molar-refractivity contribution in [3.05, 3.63) is 53.9 Å². The van der Waals surface area contributed by atoms with Gasteiger partial charge in [0.15, 0.2) is 0 Å². The number of benzene rings is 1. The molecule has 1 aromatic heterocycles. The molecule has 1 aliphatic heterocycles. The van der Waals surface area contributed by atoms with Crippen LogP contribution in [0.15, 0.2) is 42.6 Å². The number of ether oxygens (including phenoxy) is 3. The zero-order valence-corrected chi connectivity index (χ0v) is 19.4. The van der Waals surface area contributed by atoms with Crippen molar-refractivity contribution in [3.8, 4) is 11.5 Å². The van der Waals surface area contributed by atoms with Crippen LogP contribution in [0, 0.1) is 5.92 Å². The lowest BCUT2D eigenvalue weighted by atomic mass is 9.83. The number of hydrogen-bond acceptors (Lipinski definition) is 6. The number of aromatic nitrogens is 1. The second kappa shape index (κ2) is 9.79. The smallest absolute Gasteiger partial charge is 0.264 e. The molecule has 1 N–H and O–H groups in total. The average Bonchev–Trinajstić information content (AvgIpc) is 3.23. The third kappa shape index (κ3) is 4.53. The van der Waals surface area contributed by atoms with E-state index in [1.165, 1.54) is 14.2 Å². The van der Waals surface area contributed by atoms with E-state index < -0.39 is 11.8 Å². The van der Waals surface area contributed by atoms with Gasteiger partial charge >= 0.3 is 0 Å². The monoisotopic (exact) mass is 453 g/mol. The minimum Gasteiger partial charge on any atom is -0.496 e. The molecule has 2 amide bonds. The Morgan fingerprint density at radius 1 is 1.12 bits per heavy atom. The van der Waals surface area contributed by atoms with Gasteiger partial charge in [-0.2, -0.15) is 0 Å². The van der Waals surface area contributed by atoms with Crippen LogP contribution in [0.1, 0.15) is 48.7 Å². The molecule has 8 heteroatoms. The molecule has 0 radical (unpaired) electrons. The number of carbonyl (C=O) groups excluding carboxylic acids is 2. The summed E-state index contributed by atoms with van der Waals surface area (Å²) in [6.07, 6.45) is 4.90. The summed E-state index contributed by atoms with van der Waals surface area (Å²) in [5, 5.41) is 2.93. The van der Waals surface area contributed by atoms with E-state index in [0.717, 1.165) is 18.5 Å². The van der Waals surface area contributed by atoms with Gasteiger partial charge in [0, 0.05) is 6.20 Å². The first-order valence-electron chi connectivity index (χ1n) is 11.4. The van der Waals surface area contributed by atoms with E-state index in [4.69, 9.17) is 14.2 Å². The Hall–Kier alpha value is -3.13. The van der Waals surface area contributed by atoms with Crippen molar-refractivity contribution in [2.75, 3.05) is 20.8 Å². The first kappa shape index (κ1) is 23.0. The van der Waals surface area contributed by atoms with Crippen molar-refractivity contribution in [1.82, 2.24) is 15.2 Å². The van der Waals surface area contributed by atoms with E-state index in [-0.39, 0.29) is 25.0 Å². The van der Waals surface area contributed by atoms with E-state index in [1.54, 1.807) is 29.3 Å². The molecule has 8 nitrogen and oxygen atoms in total. The van der Waals surface area contributed by atoms with Gasteiger partial charge < -0.3 is 19.5 Å². The van der Waals surface area contributed by atoms with Gasteiger partial charge in [0.05, 0.1) is 33.1 Å². The molecule has 1 atom stereocenters. The number of pyridine rings is 1. The summed E-state index contributed by atoms with van der Waals surface area (Å²) in [6.45, 7) is 2.63. The Labute approximate surface area is 194 Å². The van der Waals surface area contributed by atoms with Gasteiger partial charge in [0.1, 0.15) is 28.8 Å². The Bertz CT molecular complexity index is 967. The van der Waals surface area contributed by atoms with E-state index >= 15 is 0 Å². The largest absolute Gasteiger partial charge is 0.496 e. The fourth-order valence-corrected chi connectivity index (χ4v) is 4.76. The van der Waals surface area contributed by atoms with Gasteiger partial charge in [0.25, 0.3) is 5.91 Å². The summed E-state index contributed by atoms with van der Waals surface area (Å²) in [5.41, 5.74) is 0.228. The first-order valence-corrected chi connectivity index (χ1v) is 11.4. The molecule has 1 saturated carbocycles. The topological polar surface area (TPSA) is 90.0 Å². The van der Waals surface area contributed by atoms with Crippen molar-refractivity contribution in [2.45, 2.75) is 50.9 Å². The lowest BCUT2D eigenvalue weighted by Gasteiger charge is -2.43. The highest BCUT2D eigenvalue weighted by atomic mass is 16.5. The molecule has 0 bridgehead atoms. The molecule has 2 aliphatic rings. The van der Waals surface area contributed by atoms with Crippen molar-refractivity contribution >= 4 is 11.8 Å². The summed E-state index contributed by atoms with van der Waals surface area (Å²) in [6, 6.07) is 9.99. The van der Waals surface area contributed by atoms with E-state index in [0.29, 0.717) is 35.8 Å². The number of methoxy groups -OCH3 is 2.